The average Bonchev–Trinajstić information content (AvgIpc) is 3.05. The van der Waals surface area contributed by atoms with Crippen LogP contribution in [0, 0.1) is 23.7 Å². The van der Waals surface area contributed by atoms with Crippen LogP contribution in [0.4, 0.5) is 10.5 Å². The number of benzene rings is 2. The van der Waals surface area contributed by atoms with E-state index in [1.165, 1.54) is 19.3 Å². The van der Waals surface area contributed by atoms with Crippen molar-refractivity contribution in [2.45, 2.75) is 82.5 Å². The number of nitrogens with one attached hydrogen (secondary N) is 2. The summed E-state index contributed by atoms with van der Waals surface area (Å²) in [6.45, 7) is 3.82. The highest BCUT2D eigenvalue weighted by Crippen LogP contribution is 2.55. The maximum Gasteiger partial charge on any atom is 0.319 e. The second kappa shape index (κ2) is 13.4. The lowest BCUT2D eigenvalue weighted by atomic mass is 9.53. The third-order valence-corrected chi connectivity index (χ3v) is 10.9. The van der Waals surface area contributed by atoms with E-state index in [1.54, 1.807) is 0 Å². The molecule has 3 aromatic rings. The Labute approximate surface area is 272 Å². The Kier molecular flexibility index (Phi) is 9.14. The van der Waals surface area contributed by atoms with Crippen LogP contribution in [0.1, 0.15) is 80.2 Å². The molecule has 8 rings (SSSR count). The Morgan fingerprint density at radius 3 is 2.24 bits per heavy atom. The predicted octanol–water partition coefficient (Wildman–Crippen LogP) is 6.63. The van der Waals surface area contributed by atoms with Gasteiger partial charge in [0.2, 0.25) is 0 Å². The van der Waals surface area contributed by atoms with Crippen LogP contribution in [0.2, 0.25) is 0 Å². The van der Waals surface area contributed by atoms with Gasteiger partial charge in [-0.3, -0.25) is 4.98 Å². The molecule has 8 heteroatoms. The van der Waals surface area contributed by atoms with Crippen LogP contribution in [-0.2, 0) is 22.5 Å². The first-order valence-corrected chi connectivity index (χ1v) is 17.1. The van der Waals surface area contributed by atoms with Gasteiger partial charge < -0.3 is 30.1 Å². The van der Waals surface area contributed by atoms with Gasteiger partial charge in [-0.05, 0) is 98.7 Å². The summed E-state index contributed by atoms with van der Waals surface area (Å²) >= 11 is 0. The zero-order valence-corrected chi connectivity index (χ0v) is 27.1. The summed E-state index contributed by atoms with van der Waals surface area (Å²) in [5.41, 5.74) is 4.67. The van der Waals surface area contributed by atoms with Gasteiger partial charge in [0.05, 0.1) is 18.8 Å². The van der Waals surface area contributed by atoms with Crippen molar-refractivity contribution >= 4 is 11.7 Å². The van der Waals surface area contributed by atoms with Crippen molar-refractivity contribution in [2.24, 2.45) is 23.7 Å². The van der Waals surface area contributed by atoms with Crippen LogP contribution in [-0.4, -0.2) is 52.8 Å². The standard InChI is InChI=1S/C38H48N4O4/c1-25-34(23-42(2)16-14-32-5-3-4-15-39-32)45-36(46-35(25)30-8-6-26(24-43)7-9-30)31-10-12-33(13-11-31)40-37(44)41-38-20-27-17-28(21-38)19-29(18-27)22-38/h3-13,15,25,27-29,34-36,43H,14,16-24H2,1-2H3,(H2,40,41,44). The fraction of sp³-hybridized carbons (Fsp3) is 0.526. The average molecular weight is 625 g/mol. The fourth-order valence-corrected chi connectivity index (χ4v) is 8.97. The fourth-order valence-electron chi connectivity index (χ4n) is 8.97. The predicted molar refractivity (Wildman–Crippen MR) is 178 cm³/mol. The highest BCUT2D eigenvalue weighted by atomic mass is 16.7. The smallest absolute Gasteiger partial charge is 0.319 e. The molecular weight excluding hydrogens is 576 g/mol. The molecule has 2 heterocycles. The van der Waals surface area contributed by atoms with Crippen molar-refractivity contribution in [3.63, 3.8) is 0 Å². The van der Waals surface area contributed by atoms with E-state index in [2.05, 4.69) is 40.6 Å². The van der Waals surface area contributed by atoms with Crippen molar-refractivity contribution in [1.82, 2.24) is 15.2 Å². The van der Waals surface area contributed by atoms with Crippen molar-refractivity contribution in [1.29, 1.82) is 0 Å². The van der Waals surface area contributed by atoms with E-state index in [9.17, 15) is 9.90 Å². The van der Waals surface area contributed by atoms with Gasteiger partial charge in [-0.2, -0.15) is 0 Å². The molecule has 4 bridgehead atoms. The Morgan fingerprint density at radius 1 is 0.935 bits per heavy atom. The van der Waals surface area contributed by atoms with Crippen molar-refractivity contribution < 1.29 is 19.4 Å². The van der Waals surface area contributed by atoms with E-state index in [0.717, 1.165) is 84.6 Å². The number of carbonyl (C=O) groups excluding carboxylic acids is 1. The molecular formula is C38H48N4O4. The molecule has 2 aromatic carbocycles. The maximum atomic E-state index is 13.2. The van der Waals surface area contributed by atoms with Gasteiger partial charge in [-0.25, -0.2) is 4.79 Å². The Hall–Kier alpha value is -3.30. The van der Waals surface area contributed by atoms with Crippen LogP contribution in [0.3, 0.4) is 0 Å². The number of hydrogen-bond acceptors (Lipinski definition) is 6. The van der Waals surface area contributed by atoms with Gasteiger partial charge in [0.25, 0.3) is 0 Å². The van der Waals surface area contributed by atoms with Gasteiger partial charge in [0.15, 0.2) is 6.29 Å². The van der Waals surface area contributed by atoms with Gasteiger partial charge in [-0.1, -0.05) is 49.4 Å². The van der Waals surface area contributed by atoms with Crippen molar-refractivity contribution in [3.05, 3.63) is 95.3 Å². The zero-order chi connectivity index (χ0) is 31.7. The van der Waals surface area contributed by atoms with E-state index in [0.29, 0.717) is 0 Å². The largest absolute Gasteiger partial charge is 0.392 e. The second-order valence-corrected chi connectivity index (χ2v) is 14.6. The van der Waals surface area contributed by atoms with Crippen LogP contribution >= 0.6 is 0 Å². The monoisotopic (exact) mass is 624 g/mol. The molecule has 5 fully saturated rings. The van der Waals surface area contributed by atoms with Gasteiger partial charge >= 0.3 is 6.03 Å². The maximum absolute atomic E-state index is 13.2. The number of rotatable bonds is 10. The van der Waals surface area contributed by atoms with Crippen molar-refractivity contribution in [3.8, 4) is 0 Å². The van der Waals surface area contributed by atoms with E-state index >= 15 is 0 Å². The topological polar surface area (TPSA) is 96.0 Å². The summed E-state index contributed by atoms with van der Waals surface area (Å²) in [6, 6.07) is 21.8. The number of anilines is 1. The summed E-state index contributed by atoms with van der Waals surface area (Å²) in [7, 11) is 2.13. The lowest BCUT2D eigenvalue weighted by Crippen LogP contribution is -2.60. The Balaban J connectivity index is 1.02. The minimum absolute atomic E-state index is 0.0116. The third-order valence-electron chi connectivity index (χ3n) is 10.9. The lowest BCUT2D eigenvalue weighted by molar-refractivity contribution is -0.275. The van der Waals surface area contributed by atoms with Gasteiger partial charge in [0, 0.05) is 54.1 Å². The van der Waals surface area contributed by atoms with Gasteiger partial charge in [0.1, 0.15) is 0 Å². The number of carbonyl (C=O) groups is 1. The molecule has 2 amide bonds. The van der Waals surface area contributed by atoms with Crippen LogP contribution in [0.25, 0.3) is 0 Å². The molecule has 1 aromatic heterocycles. The number of pyridine rings is 1. The molecule has 4 atom stereocenters. The van der Waals surface area contributed by atoms with Crippen molar-refractivity contribution in [2.75, 3.05) is 25.5 Å². The molecule has 46 heavy (non-hydrogen) atoms. The third kappa shape index (κ3) is 7.00. The molecule has 4 saturated carbocycles. The van der Waals surface area contributed by atoms with Crippen LogP contribution in [0.15, 0.2) is 72.9 Å². The number of amides is 2. The molecule has 0 radical (unpaired) electrons. The summed E-state index contributed by atoms with van der Waals surface area (Å²) in [5.74, 6) is 2.45. The minimum atomic E-state index is -0.553. The molecule has 1 aliphatic heterocycles. The minimum Gasteiger partial charge on any atom is -0.392 e. The quantitative estimate of drug-likeness (QED) is 0.234. The lowest BCUT2D eigenvalue weighted by Gasteiger charge is -2.56. The highest BCUT2D eigenvalue weighted by molar-refractivity contribution is 5.89. The van der Waals surface area contributed by atoms with Gasteiger partial charge in [-0.15, -0.1) is 0 Å². The number of ether oxygens (including phenoxy) is 2. The number of hydrogen-bond donors (Lipinski definition) is 3. The molecule has 244 valence electrons. The summed E-state index contributed by atoms with van der Waals surface area (Å²) in [5, 5.41) is 16.1. The number of aliphatic hydroxyl groups excluding tert-OH is 1. The zero-order valence-electron chi connectivity index (χ0n) is 27.1. The summed E-state index contributed by atoms with van der Waals surface area (Å²) in [4.78, 5) is 19.9. The molecule has 5 aliphatic rings. The molecule has 3 N–H and O–H groups in total. The molecule has 8 nitrogen and oxygen atoms in total. The summed E-state index contributed by atoms with van der Waals surface area (Å²) in [6.07, 6.45) is 9.35. The SMILES string of the molecule is CC1C(CN(C)CCc2ccccn2)OC(c2ccc(NC(=O)NC34CC5CC(CC(C5)C3)C4)cc2)OC1c1ccc(CO)cc1. The number of likely N-dealkylation sites (N-methyl/N-ethyl adjacent to an activating group) is 1. The van der Waals surface area contributed by atoms with E-state index in [1.807, 2.05) is 66.9 Å². The normalized spacial score (nSPS) is 31.6. The number of aliphatic hydroxyl groups is 1. The molecule has 4 aliphatic carbocycles. The van der Waals surface area contributed by atoms with E-state index in [-0.39, 0.29) is 36.3 Å². The molecule has 0 spiro atoms. The number of nitrogens with zero attached hydrogens (tertiary/aromatic N) is 2. The first kappa shape index (κ1) is 31.3. The first-order valence-electron chi connectivity index (χ1n) is 17.1. The summed E-state index contributed by atoms with van der Waals surface area (Å²) < 4.78 is 13.3. The first-order chi connectivity index (χ1) is 22.3. The van der Waals surface area contributed by atoms with Crippen LogP contribution < -0.4 is 10.6 Å². The highest BCUT2D eigenvalue weighted by Gasteiger charge is 2.51. The Morgan fingerprint density at radius 2 is 1.61 bits per heavy atom. The molecule has 4 unspecified atom stereocenters. The number of urea groups is 1. The number of aromatic nitrogens is 1. The van der Waals surface area contributed by atoms with E-state index < -0.39 is 6.29 Å². The molecule has 1 saturated heterocycles. The Bertz CT molecular complexity index is 1430. The van der Waals surface area contributed by atoms with E-state index in [4.69, 9.17) is 9.47 Å². The second-order valence-electron chi connectivity index (χ2n) is 14.6. The van der Waals surface area contributed by atoms with Crippen LogP contribution in [0.5, 0.6) is 0 Å².